The van der Waals surface area contributed by atoms with Gasteiger partial charge in [-0.1, -0.05) is 30.0 Å². The Morgan fingerprint density at radius 1 is 1.18 bits per heavy atom. The number of anilines is 1. The van der Waals surface area contributed by atoms with Gasteiger partial charge >= 0.3 is 0 Å². The standard InChI is InChI=1S/C18H22N2OS/c1-13-12-16(22-15-6-4-3-5-7-15)9-10-17(13)20-18(21)11-8-14(2)19/h3-7,9-10,12,14H,8,11,19H2,1-2H3,(H,20,21). The van der Waals surface area contributed by atoms with E-state index in [0.717, 1.165) is 16.1 Å². The second kappa shape index (κ2) is 8.01. The first-order valence-corrected chi connectivity index (χ1v) is 8.25. The van der Waals surface area contributed by atoms with Crippen LogP contribution < -0.4 is 11.1 Å². The highest BCUT2D eigenvalue weighted by atomic mass is 32.2. The molecule has 0 saturated heterocycles. The van der Waals surface area contributed by atoms with E-state index < -0.39 is 0 Å². The van der Waals surface area contributed by atoms with E-state index in [1.165, 1.54) is 4.90 Å². The Bertz CT molecular complexity index is 626. The summed E-state index contributed by atoms with van der Waals surface area (Å²) >= 11 is 1.71. The van der Waals surface area contributed by atoms with Gasteiger partial charge in [-0.3, -0.25) is 4.79 Å². The first kappa shape index (κ1) is 16.6. The molecular weight excluding hydrogens is 292 g/mol. The van der Waals surface area contributed by atoms with E-state index in [4.69, 9.17) is 5.73 Å². The molecule has 3 nitrogen and oxygen atoms in total. The van der Waals surface area contributed by atoms with Crippen LogP contribution in [-0.4, -0.2) is 11.9 Å². The van der Waals surface area contributed by atoms with Gasteiger partial charge in [-0.05, 0) is 56.2 Å². The van der Waals surface area contributed by atoms with Crippen LogP contribution in [0.3, 0.4) is 0 Å². The summed E-state index contributed by atoms with van der Waals surface area (Å²) in [4.78, 5) is 14.2. The molecule has 3 N–H and O–H groups in total. The second-order valence-corrected chi connectivity index (χ2v) is 6.60. The van der Waals surface area contributed by atoms with E-state index in [2.05, 4.69) is 23.5 Å². The summed E-state index contributed by atoms with van der Waals surface area (Å²) in [5.41, 5.74) is 7.61. The van der Waals surface area contributed by atoms with Gasteiger partial charge in [-0.15, -0.1) is 0 Å². The van der Waals surface area contributed by atoms with Crippen molar-refractivity contribution >= 4 is 23.4 Å². The van der Waals surface area contributed by atoms with Crippen molar-refractivity contribution in [3.8, 4) is 0 Å². The molecule has 116 valence electrons. The summed E-state index contributed by atoms with van der Waals surface area (Å²) in [6.07, 6.45) is 1.16. The van der Waals surface area contributed by atoms with E-state index in [1.54, 1.807) is 11.8 Å². The van der Waals surface area contributed by atoms with Crippen molar-refractivity contribution < 1.29 is 4.79 Å². The number of hydrogen-bond acceptors (Lipinski definition) is 3. The number of amides is 1. The van der Waals surface area contributed by atoms with E-state index in [-0.39, 0.29) is 11.9 Å². The predicted octanol–water partition coefficient (Wildman–Crippen LogP) is 4.21. The van der Waals surface area contributed by atoms with Crippen molar-refractivity contribution in [2.75, 3.05) is 5.32 Å². The lowest BCUT2D eigenvalue weighted by atomic mass is 10.1. The number of hydrogen-bond donors (Lipinski definition) is 2. The third kappa shape index (κ3) is 5.20. The molecule has 0 spiro atoms. The minimum Gasteiger partial charge on any atom is -0.328 e. The predicted molar refractivity (Wildman–Crippen MR) is 93.3 cm³/mol. The summed E-state index contributed by atoms with van der Waals surface area (Å²) in [5.74, 6) is 0.0175. The van der Waals surface area contributed by atoms with Gasteiger partial charge in [0.2, 0.25) is 5.91 Å². The van der Waals surface area contributed by atoms with E-state index in [1.807, 2.05) is 44.2 Å². The summed E-state index contributed by atoms with van der Waals surface area (Å²) in [5, 5.41) is 2.95. The molecule has 4 heteroatoms. The van der Waals surface area contributed by atoms with Gasteiger partial charge in [0.15, 0.2) is 0 Å². The number of aryl methyl sites for hydroxylation is 1. The molecule has 1 amide bonds. The first-order chi connectivity index (χ1) is 10.5. The highest BCUT2D eigenvalue weighted by Gasteiger charge is 2.07. The molecule has 0 aliphatic rings. The summed E-state index contributed by atoms with van der Waals surface area (Å²) in [6, 6.07) is 16.4. The molecule has 0 aromatic heterocycles. The lowest BCUT2D eigenvalue weighted by molar-refractivity contribution is -0.116. The fraction of sp³-hybridized carbons (Fsp3) is 0.278. The molecule has 22 heavy (non-hydrogen) atoms. The molecule has 1 atom stereocenters. The van der Waals surface area contributed by atoms with Crippen LogP contribution >= 0.6 is 11.8 Å². The number of nitrogens with one attached hydrogen (secondary N) is 1. The first-order valence-electron chi connectivity index (χ1n) is 7.43. The smallest absolute Gasteiger partial charge is 0.224 e. The molecule has 0 heterocycles. The topological polar surface area (TPSA) is 55.1 Å². The van der Waals surface area contributed by atoms with Crippen molar-refractivity contribution in [2.45, 2.75) is 42.5 Å². The van der Waals surface area contributed by atoms with Crippen LogP contribution in [0.1, 0.15) is 25.3 Å². The highest BCUT2D eigenvalue weighted by Crippen LogP contribution is 2.30. The number of carbonyl (C=O) groups is 1. The summed E-state index contributed by atoms with van der Waals surface area (Å²) < 4.78 is 0. The lowest BCUT2D eigenvalue weighted by Gasteiger charge is -2.11. The number of nitrogens with two attached hydrogens (primary N) is 1. The zero-order valence-corrected chi connectivity index (χ0v) is 13.8. The molecular formula is C18H22N2OS. The minimum absolute atomic E-state index is 0.0175. The fourth-order valence-corrected chi connectivity index (χ4v) is 2.97. The highest BCUT2D eigenvalue weighted by molar-refractivity contribution is 7.99. The number of benzene rings is 2. The Morgan fingerprint density at radius 2 is 1.91 bits per heavy atom. The van der Waals surface area contributed by atoms with Crippen LogP contribution in [0, 0.1) is 6.92 Å². The van der Waals surface area contributed by atoms with Crippen molar-refractivity contribution in [1.82, 2.24) is 0 Å². The summed E-state index contributed by atoms with van der Waals surface area (Å²) in [6.45, 7) is 3.92. The normalized spacial score (nSPS) is 12.0. The monoisotopic (exact) mass is 314 g/mol. The van der Waals surface area contributed by atoms with Crippen LogP contribution in [0.15, 0.2) is 58.3 Å². The number of carbonyl (C=O) groups excluding carboxylic acids is 1. The maximum Gasteiger partial charge on any atom is 0.224 e. The maximum atomic E-state index is 11.9. The number of rotatable bonds is 6. The quantitative estimate of drug-likeness (QED) is 0.839. The summed E-state index contributed by atoms with van der Waals surface area (Å²) in [7, 11) is 0. The van der Waals surface area contributed by atoms with Crippen molar-refractivity contribution in [3.05, 3.63) is 54.1 Å². The lowest BCUT2D eigenvalue weighted by Crippen LogP contribution is -2.19. The third-order valence-electron chi connectivity index (χ3n) is 3.28. The average Bonchev–Trinajstić information content (AvgIpc) is 2.49. The van der Waals surface area contributed by atoms with E-state index in [0.29, 0.717) is 12.8 Å². The SMILES string of the molecule is Cc1cc(Sc2ccccc2)ccc1NC(=O)CCC(C)N. The van der Waals surface area contributed by atoms with Crippen LogP contribution in [0.25, 0.3) is 0 Å². The Morgan fingerprint density at radius 3 is 2.55 bits per heavy atom. The Hall–Kier alpha value is -1.78. The van der Waals surface area contributed by atoms with Crippen LogP contribution in [0.4, 0.5) is 5.69 Å². The molecule has 0 aliphatic carbocycles. The Kier molecular flexibility index (Phi) is 6.04. The van der Waals surface area contributed by atoms with Crippen LogP contribution in [0.5, 0.6) is 0 Å². The van der Waals surface area contributed by atoms with Crippen molar-refractivity contribution in [1.29, 1.82) is 0 Å². The van der Waals surface area contributed by atoms with Gasteiger partial charge in [-0.25, -0.2) is 0 Å². The molecule has 0 fully saturated rings. The molecule has 2 rings (SSSR count). The molecule has 2 aromatic carbocycles. The van der Waals surface area contributed by atoms with Gasteiger partial charge in [-0.2, -0.15) is 0 Å². The molecule has 1 unspecified atom stereocenters. The van der Waals surface area contributed by atoms with E-state index >= 15 is 0 Å². The fourth-order valence-electron chi connectivity index (χ4n) is 2.04. The largest absolute Gasteiger partial charge is 0.328 e. The molecule has 2 aromatic rings. The van der Waals surface area contributed by atoms with Gasteiger partial charge in [0.05, 0.1) is 0 Å². The Balaban J connectivity index is 1.99. The zero-order valence-electron chi connectivity index (χ0n) is 13.0. The van der Waals surface area contributed by atoms with Crippen LogP contribution in [0.2, 0.25) is 0 Å². The van der Waals surface area contributed by atoms with Crippen molar-refractivity contribution in [3.63, 3.8) is 0 Å². The zero-order chi connectivity index (χ0) is 15.9. The second-order valence-electron chi connectivity index (χ2n) is 5.46. The van der Waals surface area contributed by atoms with Crippen LogP contribution in [-0.2, 0) is 4.79 Å². The van der Waals surface area contributed by atoms with E-state index in [9.17, 15) is 4.79 Å². The van der Waals surface area contributed by atoms with Gasteiger partial charge in [0, 0.05) is 27.9 Å². The van der Waals surface area contributed by atoms with Crippen molar-refractivity contribution in [2.24, 2.45) is 5.73 Å². The van der Waals surface area contributed by atoms with Gasteiger partial charge in [0.25, 0.3) is 0 Å². The minimum atomic E-state index is 0.0175. The Labute approximate surface area is 136 Å². The third-order valence-corrected chi connectivity index (χ3v) is 4.28. The van der Waals surface area contributed by atoms with Gasteiger partial charge in [0.1, 0.15) is 0 Å². The maximum absolute atomic E-state index is 11.9. The molecule has 0 saturated carbocycles. The molecule has 0 aliphatic heterocycles. The van der Waals surface area contributed by atoms with Gasteiger partial charge < -0.3 is 11.1 Å². The average molecular weight is 314 g/mol. The molecule has 0 bridgehead atoms. The molecule has 0 radical (unpaired) electrons.